The maximum atomic E-state index is 13.3. The second-order valence-electron chi connectivity index (χ2n) is 5.61. The minimum Gasteiger partial charge on any atom is -0.278 e. The number of allylic oxidation sites excluding steroid dienone is 2. The molecule has 0 aliphatic heterocycles. The number of alkyl halides is 3. The first-order valence-electron chi connectivity index (χ1n) is 6.81. The third kappa shape index (κ3) is 1.55. The first-order chi connectivity index (χ1) is 9.55. The fraction of sp³-hybridized carbons (Fsp3) is 0.400. The van der Waals surface area contributed by atoms with E-state index in [1.165, 1.54) is 0 Å². The minimum absolute atomic E-state index is 0.0240. The van der Waals surface area contributed by atoms with Crippen LogP contribution in [0.1, 0.15) is 30.4 Å². The van der Waals surface area contributed by atoms with Crippen LogP contribution in [0.4, 0.5) is 13.2 Å². The van der Waals surface area contributed by atoms with Crippen molar-refractivity contribution in [2.24, 2.45) is 5.92 Å². The summed E-state index contributed by atoms with van der Waals surface area (Å²) in [5.74, 6) is 0.0240. The molecule has 0 bridgehead atoms. The molecule has 0 saturated carbocycles. The number of nitrogens with one attached hydrogen (secondary N) is 1. The Morgan fingerprint density at radius 1 is 1.25 bits per heavy atom. The highest BCUT2D eigenvalue weighted by molar-refractivity contribution is 5.91. The second-order valence-corrected chi connectivity index (χ2v) is 5.61. The summed E-state index contributed by atoms with van der Waals surface area (Å²) in [5.41, 5.74) is 2.95. The lowest BCUT2D eigenvalue weighted by molar-refractivity contribution is -0.0945. The van der Waals surface area contributed by atoms with Gasteiger partial charge in [0.05, 0.1) is 11.7 Å². The molecule has 2 nitrogen and oxygen atoms in total. The van der Waals surface area contributed by atoms with Crippen LogP contribution in [0.25, 0.3) is 16.5 Å². The first-order valence-corrected chi connectivity index (χ1v) is 6.81. The van der Waals surface area contributed by atoms with Gasteiger partial charge in [-0.2, -0.15) is 18.3 Å². The highest BCUT2D eigenvalue weighted by Gasteiger charge is 2.43. The van der Waals surface area contributed by atoms with Crippen LogP contribution in [-0.2, 0) is 6.42 Å². The van der Waals surface area contributed by atoms with Gasteiger partial charge in [-0.25, -0.2) is 0 Å². The van der Waals surface area contributed by atoms with Crippen LogP contribution in [0.5, 0.6) is 0 Å². The summed E-state index contributed by atoms with van der Waals surface area (Å²) in [4.78, 5) is 0. The van der Waals surface area contributed by atoms with Gasteiger partial charge < -0.3 is 0 Å². The largest absolute Gasteiger partial charge is 0.412 e. The van der Waals surface area contributed by atoms with Crippen molar-refractivity contribution in [3.63, 3.8) is 0 Å². The lowest BCUT2D eigenvalue weighted by atomic mass is 9.83. The summed E-state index contributed by atoms with van der Waals surface area (Å²) in [7, 11) is 0. The van der Waals surface area contributed by atoms with Gasteiger partial charge in [-0.3, -0.25) is 5.10 Å². The molecule has 1 aromatic carbocycles. The molecule has 2 aromatic rings. The molecule has 1 heterocycles. The van der Waals surface area contributed by atoms with Gasteiger partial charge in [-0.1, -0.05) is 6.07 Å². The smallest absolute Gasteiger partial charge is 0.278 e. The Kier molecular flexibility index (Phi) is 2.32. The average Bonchev–Trinajstić information content (AvgIpc) is 3.00. The van der Waals surface area contributed by atoms with Crippen molar-refractivity contribution in [2.45, 2.75) is 31.9 Å². The zero-order chi connectivity index (χ0) is 13.9. The molecular formula is C15H13F3N2. The monoisotopic (exact) mass is 278 g/mol. The zero-order valence-corrected chi connectivity index (χ0v) is 10.7. The molecule has 2 aliphatic rings. The normalized spacial score (nSPS) is 22.2. The van der Waals surface area contributed by atoms with Gasteiger partial charge in [0.1, 0.15) is 0 Å². The van der Waals surface area contributed by atoms with Crippen LogP contribution in [0.3, 0.4) is 0 Å². The number of halogens is 3. The summed E-state index contributed by atoms with van der Waals surface area (Å²) in [5, 5.41) is 7.85. The Bertz CT molecular complexity index is 724. The Labute approximate surface area is 113 Å². The Balaban J connectivity index is 2.00. The third-order valence-corrected chi connectivity index (χ3v) is 4.53. The highest BCUT2D eigenvalue weighted by Crippen LogP contribution is 2.51. The average molecular weight is 278 g/mol. The van der Waals surface area contributed by atoms with Crippen molar-refractivity contribution < 1.29 is 13.2 Å². The van der Waals surface area contributed by atoms with E-state index in [0.717, 1.165) is 28.5 Å². The maximum Gasteiger partial charge on any atom is 0.412 e. The molecule has 1 unspecified atom stereocenters. The Morgan fingerprint density at radius 2 is 2.10 bits per heavy atom. The van der Waals surface area contributed by atoms with Crippen molar-refractivity contribution >= 4 is 16.5 Å². The van der Waals surface area contributed by atoms with E-state index in [1.54, 1.807) is 6.20 Å². The van der Waals surface area contributed by atoms with Gasteiger partial charge in [-0.15, -0.1) is 0 Å². The van der Waals surface area contributed by atoms with Crippen LogP contribution in [0.2, 0.25) is 0 Å². The molecule has 5 heteroatoms. The number of rotatable bonds is 0. The van der Waals surface area contributed by atoms with Gasteiger partial charge in [0.15, 0.2) is 0 Å². The summed E-state index contributed by atoms with van der Waals surface area (Å²) in [6.45, 7) is 0. The maximum absolute atomic E-state index is 13.3. The zero-order valence-electron chi connectivity index (χ0n) is 10.7. The Hall–Kier alpha value is -1.78. The fourth-order valence-electron chi connectivity index (χ4n) is 3.73. The van der Waals surface area contributed by atoms with Crippen LogP contribution < -0.4 is 0 Å². The molecule has 1 N–H and O–H groups in total. The number of H-pyrrole nitrogens is 1. The number of aromatic amines is 1. The van der Waals surface area contributed by atoms with Gasteiger partial charge >= 0.3 is 6.18 Å². The van der Waals surface area contributed by atoms with Gasteiger partial charge in [0.2, 0.25) is 0 Å². The predicted octanol–water partition coefficient (Wildman–Crippen LogP) is 4.24. The summed E-state index contributed by atoms with van der Waals surface area (Å²) in [6, 6.07) is 3.65. The lowest BCUT2D eigenvalue weighted by Crippen LogP contribution is -2.19. The summed E-state index contributed by atoms with van der Waals surface area (Å²) >= 11 is 0. The molecule has 0 radical (unpaired) electrons. The standard InChI is InChI=1S/C15H13F3N2/c16-15(17,18)12-3-1-2-8-6-10-9(14(8)12)4-5-13-11(10)7-19-20-13/h4-5,7-8H,1-3,6H2,(H,19,20). The molecule has 1 atom stereocenters. The van der Waals surface area contributed by atoms with E-state index in [-0.39, 0.29) is 17.9 Å². The quantitative estimate of drug-likeness (QED) is 0.767. The topological polar surface area (TPSA) is 28.7 Å². The van der Waals surface area contributed by atoms with Gasteiger partial charge in [0, 0.05) is 11.0 Å². The highest BCUT2D eigenvalue weighted by atomic mass is 19.4. The van der Waals surface area contributed by atoms with Crippen molar-refractivity contribution in [1.29, 1.82) is 0 Å². The summed E-state index contributed by atoms with van der Waals surface area (Å²) in [6.07, 6.45) is -0.145. The number of hydrogen-bond acceptors (Lipinski definition) is 1. The Morgan fingerprint density at radius 3 is 2.90 bits per heavy atom. The third-order valence-electron chi connectivity index (χ3n) is 4.53. The second kappa shape index (κ2) is 3.87. The first kappa shape index (κ1) is 12.0. The number of fused-ring (bicyclic) bond motifs is 5. The van der Waals surface area contributed by atoms with E-state index in [0.29, 0.717) is 18.4 Å². The van der Waals surface area contributed by atoms with Crippen LogP contribution in [-0.4, -0.2) is 16.4 Å². The molecule has 20 heavy (non-hydrogen) atoms. The molecule has 4 rings (SSSR count). The lowest BCUT2D eigenvalue weighted by Gasteiger charge is -2.25. The van der Waals surface area contributed by atoms with Gasteiger partial charge in [0.25, 0.3) is 0 Å². The van der Waals surface area contributed by atoms with Crippen LogP contribution in [0, 0.1) is 5.92 Å². The van der Waals surface area contributed by atoms with E-state index in [4.69, 9.17) is 0 Å². The molecule has 0 fully saturated rings. The molecule has 0 saturated heterocycles. The van der Waals surface area contributed by atoms with E-state index >= 15 is 0 Å². The van der Waals surface area contributed by atoms with Crippen LogP contribution >= 0.6 is 0 Å². The molecule has 0 amide bonds. The number of nitrogens with zero attached hydrogens (tertiary/aromatic N) is 1. The number of benzene rings is 1. The van der Waals surface area contributed by atoms with E-state index in [2.05, 4.69) is 10.2 Å². The predicted molar refractivity (Wildman–Crippen MR) is 70.1 cm³/mol. The molecular weight excluding hydrogens is 265 g/mol. The van der Waals surface area contributed by atoms with Crippen molar-refractivity contribution in [1.82, 2.24) is 10.2 Å². The fourth-order valence-corrected chi connectivity index (χ4v) is 3.73. The van der Waals surface area contributed by atoms with Gasteiger partial charge in [-0.05, 0) is 54.4 Å². The van der Waals surface area contributed by atoms with E-state index in [9.17, 15) is 13.2 Å². The number of aromatic nitrogens is 2. The molecule has 2 aliphatic carbocycles. The molecule has 104 valence electrons. The minimum atomic E-state index is -4.21. The van der Waals surface area contributed by atoms with Crippen LogP contribution in [0.15, 0.2) is 23.9 Å². The summed E-state index contributed by atoms with van der Waals surface area (Å²) < 4.78 is 39.8. The molecule has 0 spiro atoms. The van der Waals surface area contributed by atoms with Crippen molar-refractivity contribution in [2.75, 3.05) is 0 Å². The van der Waals surface area contributed by atoms with E-state index < -0.39 is 6.18 Å². The van der Waals surface area contributed by atoms with E-state index in [1.807, 2.05) is 12.1 Å². The SMILES string of the molecule is FC(F)(F)C1=C2c3ccc4[nH]ncc4c3CC2CCC1. The van der Waals surface area contributed by atoms with Crippen molar-refractivity contribution in [3.05, 3.63) is 35.0 Å². The van der Waals surface area contributed by atoms with Crippen molar-refractivity contribution in [3.8, 4) is 0 Å². The molecule has 1 aromatic heterocycles. The number of hydrogen-bond donors (Lipinski definition) is 1.